The molecule has 110 valence electrons. The summed E-state index contributed by atoms with van der Waals surface area (Å²) in [5.41, 5.74) is 7.36. The number of ether oxygens (including phenoxy) is 2. The minimum Gasteiger partial charge on any atom is -0.487 e. The van der Waals surface area contributed by atoms with Gasteiger partial charge in [-0.05, 0) is 24.1 Å². The molecular formula is C16H22BrNO2. The zero-order valence-electron chi connectivity index (χ0n) is 12.1. The predicted molar refractivity (Wildman–Crippen MR) is 82.9 cm³/mol. The lowest BCUT2D eigenvalue weighted by atomic mass is 9.78. The summed E-state index contributed by atoms with van der Waals surface area (Å²) in [7, 11) is 0. The van der Waals surface area contributed by atoms with Crippen LogP contribution in [0.1, 0.15) is 44.7 Å². The summed E-state index contributed by atoms with van der Waals surface area (Å²) in [5.74, 6) is 1.45. The second kappa shape index (κ2) is 5.32. The fraction of sp³-hybridized carbons (Fsp3) is 0.625. The molecule has 20 heavy (non-hydrogen) atoms. The van der Waals surface area contributed by atoms with Gasteiger partial charge in [0.05, 0.1) is 12.7 Å². The summed E-state index contributed by atoms with van der Waals surface area (Å²) in [4.78, 5) is 0. The van der Waals surface area contributed by atoms with Crippen molar-refractivity contribution >= 4 is 15.9 Å². The highest BCUT2D eigenvalue weighted by Crippen LogP contribution is 2.45. The summed E-state index contributed by atoms with van der Waals surface area (Å²) in [5, 5.41) is 0. The van der Waals surface area contributed by atoms with E-state index in [1.165, 1.54) is 0 Å². The molecule has 1 saturated heterocycles. The van der Waals surface area contributed by atoms with Gasteiger partial charge in [0.2, 0.25) is 0 Å². The van der Waals surface area contributed by atoms with Gasteiger partial charge in [0.25, 0.3) is 0 Å². The van der Waals surface area contributed by atoms with Crippen LogP contribution in [0.25, 0.3) is 0 Å². The molecule has 3 nitrogen and oxygen atoms in total. The summed E-state index contributed by atoms with van der Waals surface area (Å²) in [6.45, 7) is 5.18. The van der Waals surface area contributed by atoms with Crippen molar-refractivity contribution in [1.29, 1.82) is 0 Å². The Balaban J connectivity index is 1.88. The van der Waals surface area contributed by atoms with Crippen LogP contribution < -0.4 is 10.5 Å². The Hall–Kier alpha value is -0.580. The third kappa shape index (κ3) is 2.61. The molecular weight excluding hydrogens is 318 g/mol. The minimum atomic E-state index is -0.145. The number of hydrogen-bond donors (Lipinski definition) is 1. The first kappa shape index (κ1) is 14.4. The quantitative estimate of drug-likeness (QED) is 0.846. The van der Waals surface area contributed by atoms with Crippen LogP contribution in [0.2, 0.25) is 0 Å². The van der Waals surface area contributed by atoms with Crippen molar-refractivity contribution in [3.63, 3.8) is 0 Å². The lowest BCUT2D eigenvalue weighted by Crippen LogP contribution is -2.50. The average Bonchev–Trinajstić information content (AvgIpc) is 2.40. The molecule has 2 aliphatic rings. The Morgan fingerprint density at radius 1 is 1.35 bits per heavy atom. The van der Waals surface area contributed by atoms with Gasteiger partial charge >= 0.3 is 0 Å². The van der Waals surface area contributed by atoms with Crippen molar-refractivity contribution in [3.8, 4) is 5.75 Å². The van der Waals surface area contributed by atoms with Crippen LogP contribution in [-0.2, 0) is 4.74 Å². The number of hydrogen-bond acceptors (Lipinski definition) is 3. The Morgan fingerprint density at radius 2 is 2.15 bits per heavy atom. The number of rotatable bonds is 1. The Bertz CT molecular complexity index is 505. The third-order valence-electron chi connectivity index (χ3n) is 4.50. The Labute approximate surface area is 129 Å². The topological polar surface area (TPSA) is 44.5 Å². The highest BCUT2D eigenvalue weighted by Gasteiger charge is 2.44. The summed E-state index contributed by atoms with van der Waals surface area (Å²) in [6, 6.07) is 6.16. The number of benzene rings is 1. The SMILES string of the molecule is CC(C)C1CC2(CCO1)CC(N)c1cc(Br)ccc1O2. The zero-order chi connectivity index (χ0) is 14.3. The molecule has 1 fully saturated rings. The predicted octanol–water partition coefficient (Wildman–Crippen LogP) is 3.81. The van der Waals surface area contributed by atoms with Crippen molar-refractivity contribution in [1.82, 2.24) is 0 Å². The zero-order valence-corrected chi connectivity index (χ0v) is 13.7. The molecule has 2 heterocycles. The molecule has 0 aliphatic carbocycles. The lowest BCUT2D eigenvalue weighted by Gasteiger charge is -2.46. The van der Waals surface area contributed by atoms with E-state index in [4.69, 9.17) is 15.2 Å². The molecule has 3 unspecified atom stereocenters. The Morgan fingerprint density at radius 3 is 2.90 bits per heavy atom. The van der Waals surface area contributed by atoms with E-state index in [0.717, 1.165) is 41.7 Å². The highest BCUT2D eigenvalue weighted by atomic mass is 79.9. The molecule has 1 aromatic rings. The summed E-state index contributed by atoms with van der Waals surface area (Å²) in [6.07, 6.45) is 3.02. The van der Waals surface area contributed by atoms with Crippen LogP contribution in [0, 0.1) is 5.92 Å². The van der Waals surface area contributed by atoms with Crippen LogP contribution in [0.15, 0.2) is 22.7 Å². The first-order valence-corrected chi connectivity index (χ1v) is 8.14. The van der Waals surface area contributed by atoms with E-state index in [0.29, 0.717) is 5.92 Å². The van der Waals surface area contributed by atoms with Crippen molar-refractivity contribution in [2.75, 3.05) is 6.61 Å². The smallest absolute Gasteiger partial charge is 0.124 e. The van der Waals surface area contributed by atoms with Gasteiger partial charge < -0.3 is 15.2 Å². The minimum absolute atomic E-state index is 0.0437. The molecule has 0 bridgehead atoms. The van der Waals surface area contributed by atoms with E-state index in [1.807, 2.05) is 12.1 Å². The van der Waals surface area contributed by atoms with Gasteiger partial charge in [0.15, 0.2) is 0 Å². The molecule has 1 aromatic carbocycles. The molecule has 3 rings (SSSR count). The molecule has 3 atom stereocenters. The van der Waals surface area contributed by atoms with Crippen LogP contribution in [0.4, 0.5) is 0 Å². The second-order valence-electron chi connectivity index (χ2n) is 6.39. The van der Waals surface area contributed by atoms with Gasteiger partial charge in [-0.3, -0.25) is 0 Å². The van der Waals surface area contributed by atoms with Gasteiger partial charge in [-0.15, -0.1) is 0 Å². The van der Waals surface area contributed by atoms with Gasteiger partial charge in [0.1, 0.15) is 11.4 Å². The van der Waals surface area contributed by atoms with E-state index >= 15 is 0 Å². The molecule has 0 saturated carbocycles. The van der Waals surface area contributed by atoms with E-state index in [-0.39, 0.29) is 17.7 Å². The van der Waals surface area contributed by atoms with E-state index in [2.05, 4.69) is 35.8 Å². The van der Waals surface area contributed by atoms with Gasteiger partial charge in [0, 0.05) is 35.3 Å². The maximum atomic E-state index is 6.40. The number of fused-ring (bicyclic) bond motifs is 1. The van der Waals surface area contributed by atoms with Gasteiger partial charge in [-0.2, -0.15) is 0 Å². The van der Waals surface area contributed by atoms with Crippen LogP contribution >= 0.6 is 15.9 Å². The average molecular weight is 340 g/mol. The first-order valence-electron chi connectivity index (χ1n) is 7.35. The molecule has 1 spiro atoms. The molecule has 2 aliphatic heterocycles. The number of nitrogens with two attached hydrogens (primary N) is 1. The molecule has 0 radical (unpaired) electrons. The fourth-order valence-electron chi connectivity index (χ4n) is 3.32. The lowest BCUT2D eigenvalue weighted by molar-refractivity contribution is -0.115. The molecule has 0 amide bonds. The van der Waals surface area contributed by atoms with Crippen molar-refractivity contribution in [3.05, 3.63) is 28.2 Å². The van der Waals surface area contributed by atoms with Crippen molar-refractivity contribution < 1.29 is 9.47 Å². The summed E-state index contributed by atoms with van der Waals surface area (Å²) < 4.78 is 13.3. The highest BCUT2D eigenvalue weighted by molar-refractivity contribution is 9.10. The van der Waals surface area contributed by atoms with Crippen molar-refractivity contribution in [2.24, 2.45) is 11.7 Å². The standard InChI is InChI=1S/C16H22BrNO2/c1-10(2)15-9-16(5-6-19-15)8-13(18)12-7-11(17)3-4-14(12)20-16/h3-4,7,10,13,15H,5-6,8-9,18H2,1-2H3. The monoisotopic (exact) mass is 339 g/mol. The molecule has 4 heteroatoms. The van der Waals surface area contributed by atoms with Crippen molar-refractivity contribution in [2.45, 2.75) is 50.9 Å². The second-order valence-corrected chi connectivity index (χ2v) is 7.30. The fourth-order valence-corrected chi connectivity index (χ4v) is 3.70. The largest absolute Gasteiger partial charge is 0.487 e. The summed E-state index contributed by atoms with van der Waals surface area (Å²) >= 11 is 3.50. The van der Waals surface area contributed by atoms with Crippen LogP contribution in [0.3, 0.4) is 0 Å². The van der Waals surface area contributed by atoms with E-state index in [9.17, 15) is 0 Å². The van der Waals surface area contributed by atoms with E-state index in [1.54, 1.807) is 0 Å². The Kier molecular flexibility index (Phi) is 3.82. The van der Waals surface area contributed by atoms with Gasteiger partial charge in [-0.1, -0.05) is 29.8 Å². The maximum Gasteiger partial charge on any atom is 0.124 e. The maximum absolute atomic E-state index is 6.40. The molecule has 0 aromatic heterocycles. The van der Waals surface area contributed by atoms with Gasteiger partial charge in [-0.25, -0.2) is 0 Å². The molecule has 2 N–H and O–H groups in total. The normalized spacial score (nSPS) is 33.0. The van der Waals surface area contributed by atoms with E-state index < -0.39 is 0 Å². The third-order valence-corrected chi connectivity index (χ3v) is 4.99. The van der Waals surface area contributed by atoms with Crippen LogP contribution in [0.5, 0.6) is 5.75 Å². The van der Waals surface area contributed by atoms with Crippen LogP contribution in [-0.4, -0.2) is 18.3 Å². The first-order chi connectivity index (χ1) is 9.49. The number of halogens is 1.